The van der Waals surface area contributed by atoms with Crippen LogP contribution >= 0.6 is 0 Å². The summed E-state index contributed by atoms with van der Waals surface area (Å²) in [6, 6.07) is 5.42. The van der Waals surface area contributed by atoms with E-state index in [1.54, 1.807) is 13.8 Å². The number of carboxylic acids is 1. The number of hydrogen-bond acceptors (Lipinski definition) is 5. The van der Waals surface area contributed by atoms with Crippen LogP contribution in [0.5, 0.6) is 5.75 Å². The number of sulfonamides is 1. The number of hydrogen-bond donors (Lipinski definition) is 3. The molecule has 0 amide bonds. The van der Waals surface area contributed by atoms with Crippen LogP contribution in [0.4, 0.5) is 0 Å². The lowest BCUT2D eigenvalue weighted by molar-refractivity contribution is -0.139. The summed E-state index contributed by atoms with van der Waals surface area (Å²) in [6.07, 6.45) is 0. The van der Waals surface area contributed by atoms with Crippen molar-refractivity contribution in [3.05, 3.63) is 24.3 Å². The summed E-state index contributed by atoms with van der Waals surface area (Å²) >= 11 is 0. The minimum absolute atomic E-state index is 0.0407. The topological polar surface area (TPSA) is 113 Å². The van der Waals surface area contributed by atoms with Crippen molar-refractivity contribution in [2.45, 2.75) is 18.7 Å². The molecule has 0 unspecified atom stereocenters. The van der Waals surface area contributed by atoms with Gasteiger partial charge in [-0.2, -0.15) is 0 Å². The zero-order valence-electron chi connectivity index (χ0n) is 11.9. The fraction of sp³-hybridized carbons (Fsp3) is 0.462. The quantitative estimate of drug-likeness (QED) is 0.641. The lowest BCUT2D eigenvalue weighted by Crippen LogP contribution is -2.36. The minimum Gasteiger partial charge on any atom is -0.482 e. The Hall–Kier alpha value is -1.64. The average Bonchev–Trinajstić information content (AvgIpc) is 2.44. The van der Waals surface area contributed by atoms with Crippen LogP contribution in [0.2, 0.25) is 0 Å². The molecule has 0 atom stereocenters. The van der Waals surface area contributed by atoms with Crippen molar-refractivity contribution in [2.24, 2.45) is 5.41 Å². The molecule has 21 heavy (non-hydrogen) atoms. The molecule has 0 spiro atoms. The highest BCUT2D eigenvalue weighted by atomic mass is 32.2. The molecule has 8 heteroatoms. The van der Waals surface area contributed by atoms with Crippen LogP contribution in [0.1, 0.15) is 13.8 Å². The number of aliphatic hydroxyl groups excluding tert-OH is 1. The van der Waals surface area contributed by atoms with E-state index in [0.29, 0.717) is 0 Å². The maximum absolute atomic E-state index is 12.0. The number of carboxylic acid groups (broad SMARTS) is 1. The molecule has 0 aliphatic carbocycles. The van der Waals surface area contributed by atoms with Crippen LogP contribution in [-0.4, -0.2) is 44.4 Å². The molecule has 3 N–H and O–H groups in total. The predicted molar refractivity (Wildman–Crippen MR) is 75.6 cm³/mol. The van der Waals surface area contributed by atoms with E-state index in [2.05, 4.69) is 4.72 Å². The number of benzene rings is 1. The molecule has 0 aliphatic rings. The third-order valence-corrected chi connectivity index (χ3v) is 4.08. The zero-order valence-corrected chi connectivity index (χ0v) is 12.7. The predicted octanol–water partition coefficient (Wildman–Crippen LogP) is 0.447. The molecule has 0 fully saturated rings. The summed E-state index contributed by atoms with van der Waals surface area (Å²) in [7, 11) is -3.68. The summed E-state index contributed by atoms with van der Waals surface area (Å²) in [5, 5.41) is 17.6. The summed E-state index contributed by atoms with van der Waals surface area (Å²) in [5.74, 6) is -0.841. The van der Waals surface area contributed by atoms with Gasteiger partial charge in [0.05, 0.1) is 4.90 Å². The molecule has 0 heterocycles. The van der Waals surface area contributed by atoms with Gasteiger partial charge in [0.1, 0.15) is 5.75 Å². The van der Waals surface area contributed by atoms with Crippen LogP contribution in [0, 0.1) is 5.41 Å². The smallest absolute Gasteiger partial charge is 0.341 e. The number of nitrogens with one attached hydrogen (secondary N) is 1. The first-order valence-corrected chi connectivity index (χ1v) is 7.70. The first-order chi connectivity index (χ1) is 9.66. The Morgan fingerprint density at radius 1 is 1.29 bits per heavy atom. The summed E-state index contributed by atoms with van der Waals surface area (Å²) in [5.41, 5.74) is -0.558. The second kappa shape index (κ2) is 6.88. The Bertz CT molecular complexity index is 579. The van der Waals surface area contributed by atoms with Gasteiger partial charge < -0.3 is 14.9 Å². The van der Waals surface area contributed by atoms with Gasteiger partial charge in [0.15, 0.2) is 6.61 Å². The van der Waals surface area contributed by atoms with Gasteiger partial charge in [-0.15, -0.1) is 0 Å². The van der Waals surface area contributed by atoms with Gasteiger partial charge in [0, 0.05) is 18.6 Å². The Balaban J connectivity index is 2.73. The molecule has 0 radical (unpaired) electrons. The normalized spacial score (nSPS) is 12.1. The highest BCUT2D eigenvalue weighted by Crippen LogP contribution is 2.17. The van der Waals surface area contributed by atoms with E-state index in [1.165, 1.54) is 24.3 Å². The molecule has 0 saturated heterocycles. The molecule has 1 aromatic rings. The Kier molecular flexibility index (Phi) is 5.70. The Morgan fingerprint density at radius 2 is 1.86 bits per heavy atom. The van der Waals surface area contributed by atoms with E-state index >= 15 is 0 Å². The molecule has 0 saturated carbocycles. The van der Waals surface area contributed by atoms with Crippen molar-refractivity contribution in [3.8, 4) is 5.75 Å². The summed E-state index contributed by atoms with van der Waals surface area (Å²) in [6.45, 7) is 2.94. The molecule has 118 valence electrons. The first kappa shape index (κ1) is 17.4. The molecular formula is C13H19NO6S. The molecule has 0 bridgehead atoms. The second-order valence-electron chi connectivity index (χ2n) is 5.30. The summed E-state index contributed by atoms with van der Waals surface area (Å²) in [4.78, 5) is 10.4. The van der Waals surface area contributed by atoms with Gasteiger partial charge in [0.25, 0.3) is 0 Å². The second-order valence-corrected chi connectivity index (χ2v) is 7.07. The lowest BCUT2D eigenvalue weighted by Gasteiger charge is -2.21. The van der Waals surface area contributed by atoms with Crippen molar-refractivity contribution < 1.29 is 28.2 Å². The van der Waals surface area contributed by atoms with Crippen LogP contribution in [-0.2, 0) is 14.8 Å². The van der Waals surface area contributed by atoms with Gasteiger partial charge in [-0.3, -0.25) is 0 Å². The monoisotopic (exact) mass is 317 g/mol. The maximum atomic E-state index is 12.0. The zero-order chi connectivity index (χ0) is 16.1. The highest BCUT2D eigenvalue weighted by Gasteiger charge is 2.21. The van der Waals surface area contributed by atoms with Crippen LogP contribution in [0.25, 0.3) is 0 Å². The molecular weight excluding hydrogens is 298 g/mol. The van der Waals surface area contributed by atoms with E-state index in [0.717, 1.165) is 0 Å². The van der Waals surface area contributed by atoms with Crippen LogP contribution in [0.15, 0.2) is 29.2 Å². The average molecular weight is 317 g/mol. The van der Waals surface area contributed by atoms with E-state index in [4.69, 9.17) is 14.9 Å². The van der Waals surface area contributed by atoms with Crippen molar-refractivity contribution in [1.29, 1.82) is 0 Å². The van der Waals surface area contributed by atoms with Crippen molar-refractivity contribution >= 4 is 16.0 Å². The van der Waals surface area contributed by atoms with Gasteiger partial charge in [-0.05, 0) is 24.3 Å². The SMILES string of the molecule is CC(C)(CO)CNS(=O)(=O)c1ccc(OCC(=O)O)cc1. The standard InChI is InChI=1S/C13H19NO6S/c1-13(2,9-15)8-14-21(18,19)11-5-3-10(4-6-11)20-7-12(16)17/h3-6,14-15H,7-9H2,1-2H3,(H,16,17). The van der Waals surface area contributed by atoms with E-state index in [-0.39, 0.29) is 23.8 Å². The fourth-order valence-electron chi connectivity index (χ4n) is 1.29. The van der Waals surface area contributed by atoms with Gasteiger partial charge in [-0.1, -0.05) is 13.8 Å². The van der Waals surface area contributed by atoms with Crippen molar-refractivity contribution in [2.75, 3.05) is 19.8 Å². The highest BCUT2D eigenvalue weighted by molar-refractivity contribution is 7.89. The minimum atomic E-state index is -3.68. The van der Waals surface area contributed by atoms with Crippen molar-refractivity contribution in [1.82, 2.24) is 4.72 Å². The number of rotatable bonds is 8. The number of ether oxygens (including phenoxy) is 1. The van der Waals surface area contributed by atoms with E-state index in [9.17, 15) is 13.2 Å². The fourth-order valence-corrected chi connectivity index (χ4v) is 2.53. The van der Waals surface area contributed by atoms with Gasteiger partial charge >= 0.3 is 5.97 Å². The number of aliphatic carboxylic acids is 1. The van der Waals surface area contributed by atoms with Crippen LogP contribution in [0.3, 0.4) is 0 Å². The molecule has 0 aromatic heterocycles. The molecule has 7 nitrogen and oxygen atoms in total. The lowest BCUT2D eigenvalue weighted by atomic mass is 9.96. The van der Waals surface area contributed by atoms with Crippen LogP contribution < -0.4 is 9.46 Å². The largest absolute Gasteiger partial charge is 0.482 e. The van der Waals surface area contributed by atoms with Gasteiger partial charge in [0.2, 0.25) is 10.0 Å². The van der Waals surface area contributed by atoms with E-state index in [1.807, 2.05) is 0 Å². The van der Waals surface area contributed by atoms with E-state index < -0.39 is 28.0 Å². The maximum Gasteiger partial charge on any atom is 0.341 e. The summed E-state index contributed by atoms with van der Waals surface area (Å²) < 4.78 is 31.4. The third-order valence-electron chi connectivity index (χ3n) is 2.67. The Labute approximate surface area is 123 Å². The first-order valence-electron chi connectivity index (χ1n) is 6.21. The number of carbonyl (C=O) groups is 1. The van der Waals surface area contributed by atoms with Gasteiger partial charge in [-0.25, -0.2) is 17.9 Å². The number of aliphatic hydroxyl groups is 1. The molecule has 1 aromatic carbocycles. The molecule has 1 rings (SSSR count). The third kappa shape index (κ3) is 5.70. The van der Waals surface area contributed by atoms with Crippen molar-refractivity contribution in [3.63, 3.8) is 0 Å². The Morgan fingerprint density at radius 3 is 2.33 bits per heavy atom. The molecule has 0 aliphatic heterocycles.